The molecular weight excluding hydrogens is 414 g/mol. The number of fused-ring (bicyclic) bond motifs is 1. The number of thiophene rings is 1. The van der Waals surface area contributed by atoms with Crippen molar-refractivity contribution in [3.63, 3.8) is 0 Å². The molecule has 0 saturated carbocycles. The zero-order valence-corrected chi connectivity index (χ0v) is 19.3. The number of nitrogens with one attached hydrogen (secondary N) is 1. The highest BCUT2D eigenvalue weighted by molar-refractivity contribution is 7.08. The maximum Gasteiger partial charge on any atom is 0.252 e. The Labute approximate surface area is 193 Å². The number of carbonyl (C=O) groups is 1. The van der Waals surface area contributed by atoms with Crippen LogP contribution in [0, 0.1) is 19.8 Å². The van der Waals surface area contributed by atoms with Gasteiger partial charge in [-0.1, -0.05) is 42.5 Å². The van der Waals surface area contributed by atoms with Crippen LogP contribution in [0.2, 0.25) is 0 Å². The van der Waals surface area contributed by atoms with Crippen LogP contribution < -0.4 is 5.32 Å². The van der Waals surface area contributed by atoms with Gasteiger partial charge in [0.15, 0.2) is 0 Å². The van der Waals surface area contributed by atoms with Crippen molar-refractivity contribution in [2.24, 2.45) is 5.92 Å². The van der Waals surface area contributed by atoms with Crippen molar-refractivity contribution in [2.45, 2.75) is 33.2 Å². The molecule has 1 unspecified atom stereocenters. The van der Waals surface area contributed by atoms with Gasteiger partial charge in [-0.05, 0) is 59.9 Å². The SMILES string of the molecule is Cc1ccc(-c2ccc(-c3cn4c(n3)CCC(CNC(=O)c3ccsc3)C4)cc2)cc1C. The molecule has 4 nitrogen and oxygen atoms in total. The minimum absolute atomic E-state index is 0.0206. The molecule has 0 saturated heterocycles. The van der Waals surface area contributed by atoms with E-state index in [4.69, 9.17) is 4.98 Å². The fourth-order valence-corrected chi connectivity index (χ4v) is 4.94. The van der Waals surface area contributed by atoms with Crippen LogP contribution in [0.5, 0.6) is 0 Å². The molecule has 4 aromatic rings. The average molecular weight is 442 g/mol. The Morgan fingerprint density at radius 1 is 1.06 bits per heavy atom. The third kappa shape index (κ3) is 4.26. The molecule has 32 heavy (non-hydrogen) atoms. The lowest BCUT2D eigenvalue weighted by Gasteiger charge is -2.23. The maximum atomic E-state index is 12.2. The Morgan fingerprint density at radius 3 is 2.59 bits per heavy atom. The lowest BCUT2D eigenvalue weighted by atomic mass is 9.99. The number of imidazole rings is 1. The van der Waals surface area contributed by atoms with Crippen LogP contribution in [0.1, 0.15) is 33.7 Å². The van der Waals surface area contributed by atoms with Gasteiger partial charge in [-0.2, -0.15) is 11.3 Å². The summed E-state index contributed by atoms with van der Waals surface area (Å²) in [5.41, 5.74) is 8.02. The molecule has 0 spiro atoms. The van der Waals surface area contributed by atoms with E-state index in [2.05, 4.69) is 72.4 Å². The summed E-state index contributed by atoms with van der Waals surface area (Å²) in [7, 11) is 0. The molecule has 5 rings (SSSR count). The molecule has 5 heteroatoms. The summed E-state index contributed by atoms with van der Waals surface area (Å²) < 4.78 is 2.26. The number of hydrogen-bond acceptors (Lipinski definition) is 3. The zero-order chi connectivity index (χ0) is 22.1. The van der Waals surface area contributed by atoms with Crippen molar-refractivity contribution in [3.05, 3.63) is 88.0 Å². The van der Waals surface area contributed by atoms with Gasteiger partial charge in [0.25, 0.3) is 5.91 Å². The van der Waals surface area contributed by atoms with Gasteiger partial charge in [0.1, 0.15) is 5.82 Å². The summed E-state index contributed by atoms with van der Waals surface area (Å²) in [6.45, 7) is 5.90. The first-order valence-electron chi connectivity index (χ1n) is 11.1. The number of aryl methyl sites for hydroxylation is 3. The van der Waals surface area contributed by atoms with Crippen LogP contribution in [0.4, 0.5) is 0 Å². The van der Waals surface area contributed by atoms with Crippen molar-refractivity contribution in [1.29, 1.82) is 0 Å². The van der Waals surface area contributed by atoms with Crippen LogP contribution in [-0.4, -0.2) is 22.0 Å². The van der Waals surface area contributed by atoms with Crippen LogP contribution in [-0.2, 0) is 13.0 Å². The molecule has 2 aromatic heterocycles. The van der Waals surface area contributed by atoms with Gasteiger partial charge < -0.3 is 9.88 Å². The second kappa shape index (κ2) is 8.75. The molecule has 1 N–H and O–H groups in total. The number of rotatable bonds is 5. The van der Waals surface area contributed by atoms with Crippen molar-refractivity contribution in [3.8, 4) is 22.4 Å². The lowest BCUT2D eigenvalue weighted by Crippen LogP contribution is -2.33. The highest BCUT2D eigenvalue weighted by atomic mass is 32.1. The fourth-order valence-electron chi connectivity index (χ4n) is 4.31. The molecule has 1 atom stereocenters. The van der Waals surface area contributed by atoms with Gasteiger partial charge >= 0.3 is 0 Å². The quantitative estimate of drug-likeness (QED) is 0.420. The largest absolute Gasteiger partial charge is 0.352 e. The Kier molecular flexibility index (Phi) is 5.66. The lowest BCUT2D eigenvalue weighted by molar-refractivity contribution is 0.0944. The predicted octanol–water partition coefficient (Wildman–Crippen LogP) is 5.89. The van der Waals surface area contributed by atoms with E-state index in [1.165, 1.54) is 22.3 Å². The first-order valence-corrected chi connectivity index (χ1v) is 12.1. The van der Waals surface area contributed by atoms with Gasteiger partial charge in [-0.15, -0.1) is 0 Å². The Hall–Kier alpha value is -3.18. The van der Waals surface area contributed by atoms with Crippen LogP contribution >= 0.6 is 11.3 Å². The second-order valence-electron chi connectivity index (χ2n) is 8.70. The number of nitrogens with zero attached hydrogens (tertiary/aromatic N) is 2. The molecule has 1 amide bonds. The molecule has 3 heterocycles. The molecular formula is C27H27N3OS. The van der Waals surface area contributed by atoms with Gasteiger partial charge in [0.2, 0.25) is 0 Å². The van der Waals surface area contributed by atoms with E-state index in [9.17, 15) is 4.79 Å². The number of aromatic nitrogens is 2. The Bertz CT molecular complexity index is 1240. The van der Waals surface area contributed by atoms with Crippen molar-refractivity contribution >= 4 is 17.2 Å². The normalized spacial score (nSPS) is 15.4. The molecule has 0 radical (unpaired) electrons. The Balaban J connectivity index is 1.26. The molecule has 1 aliphatic heterocycles. The van der Waals surface area contributed by atoms with Crippen molar-refractivity contribution in [1.82, 2.24) is 14.9 Å². The van der Waals surface area contributed by atoms with Crippen LogP contribution in [0.25, 0.3) is 22.4 Å². The van der Waals surface area contributed by atoms with E-state index in [1.807, 2.05) is 16.8 Å². The second-order valence-corrected chi connectivity index (χ2v) is 9.48. The van der Waals surface area contributed by atoms with E-state index >= 15 is 0 Å². The monoisotopic (exact) mass is 441 g/mol. The third-order valence-corrected chi connectivity index (χ3v) is 7.13. The van der Waals surface area contributed by atoms with E-state index in [1.54, 1.807) is 11.3 Å². The molecule has 2 aromatic carbocycles. The van der Waals surface area contributed by atoms with Crippen molar-refractivity contribution < 1.29 is 4.79 Å². The third-order valence-electron chi connectivity index (χ3n) is 6.45. The molecule has 0 fully saturated rings. The van der Waals surface area contributed by atoms with E-state index in [0.717, 1.165) is 42.0 Å². The van der Waals surface area contributed by atoms with E-state index < -0.39 is 0 Å². The molecule has 1 aliphatic rings. The number of carbonyl (C=O) groups excluding carboxylic acids is 1. The summed E-state index contributed by atoms with van der Waals surface area (Å²) in [5.74, 6) is 1.59. The number of amides is 1. The van der Waals surface area contributed by atoms with Gasteiger partial charge in [-0.25, -0.2) is 4.98 Å². The topological polar surface area (TPSA) is 46.9 Å². The average Bonchev–Trinajstić information content (AvgIpc) is 3.49. The zero-order valence-electron chi connectivity index (χ0n) is 18.5. The first kappa shape index (κ1) is 20.7. The molecule has 0 bridgehead atoms. The summed E-state index contributed by atoms with van der Waals surface area (Å²) in [6, 6.07) is 17.2. The highest BCUT2D eigenvalue weighted by Crippen LogP contribution is 2.28. The summed E-state index contributed by atoms with van der Waals surface area (Å²) >= 11 is 1.55. The fraction of sp³-hybridized carbons (Fsp3) is 0.259. The highest BCUT2D eigenvalue weighted by Gasteiger charge is 2.21. The number of hydrogen-bond donors (Lipinski definition) is 1. The summed E-state index contributed by atoms with van der Waals surface area (Å²) in [6.07, 6.45) is 4.15. The maximum absolute atomic E-state index is 12.2. The number of benzene rings is 2. The van der Waals surface area contributed by atoms with Crippen LogP contribution in [0.15, 0.2) is 65.5 Å². The smallest absolute Gasteiger partial charge is 0.252 e. The van der Waals surface area contributed by atoms with E-state index in [-0.39, 0.29) is 5.91 Å². The van der Waals surface area contributed by atoms with Crippen molar-refractivity contribution in [2.75, 3.05) is 6.54 Å². The molecule has 0 aliphatic carbocycles. The van der Waals surface area contributed by atoms with Gasteiger partial charge in [0, 0.05) is 42.2 Å². The molecule has 162 valence electrons. The van der Waals surface area contributed by atoms with Crippen LogP contribution in [0.3, 0.4) is 0 Å². The summed E-state index contributed by atoms with van der Waals surface area (Å²) in [4.78, 5) is 17.1. The van der Waals surface area contributed by atoms with Gasteiger partial charge in [-0.3, -0.25) is 4.79 Å². The van der Waals surface area contributed by atoms with Gasteiger partial charge in [0.05, 0.1) is 5.69 Å². The Morgan fingerprint density at radius 2 is 1.84 bits per heavy atom. The summed E-state index contributed by atoms with van der Waals surface area (Å²) in [5, 5.41) is 6.91. The standard InChI is InChI=1S/C27H27N3OS/c1-18-3-5-23(13-19(18)2)21-6-8-22(9-7-21)25-16-30-15-20(4-10-26(30)29-25)14-28-27(31)24-11-12-32-17-24/h3,5-9,11-13,16-17,20H,4,10,14-15H2,1-2H3,(H,28,31). The first-order chi connectivity index (χ1) is 15.6. The minimum atomic E-state index is 0.0206. The predicted molar refractivity (Wildman–Crippen MR) is 131 cm³/mol. The minimum Gasteiger partial charge on any atom is -0.352 e. The van der Waals surface area contributed by atoms with E-state index in [0.29, 0.717) is 12.5 Å².